The molecule has 1 atom stereocenters. The number of amides is 1. The molecule has 1 aliphatic rings. The van der Waals surface area contributed by atoms with Gasteiger partial charge >= 0.3 is 0 Å². The maximum atomic E-state index is 14.4. The molecule has 4 rings (SSSR count). The number of anilines is 1. The Hall–Kier alpha value is -2.99. The lowest BCUT2D eigenvalue weighted by atomic mass is 10.1. The average Bonchev–Trinajstić information content (AvgIpc) is 2.94. The number of imidazole rings is 1. The fourth-order valence-electron chi connectivity index (χ4n) is 3.24. The Morgan fingerprint density at radius 1 is 1.32 bits per heavy atom. The second kappa shape index (κ2) is 6.56. The van der Waals surface area contributed by atoms with Crippen molar-refractivity contribution in [3.05, 3.63) is 57.5 Å². The minimum absolute atomic E-state index is 0.0545. The number of aryl methyl sites for hydroxylation is 1. The zero-order valence-electron chi connectivity index (χ0n) is 14.8. The number of nitrogens with zero attached hydrogens (tertiary/aromatic N) is 4. The molecule has 9 heteroatoms. The van der Waals surface area contributed by atoms with Gasteiger partial charge in [0, 0.05) is 12.3 Å². The number of benzene rings is 1. The van der Waals surface area contributed by atoms with Gasteiger partial charge in [0.1, 0.15) is 11.5 Å². The van der Waals surface area contributed by atoms with Crippen molar-refractivity contribution in [1.29, 1.82) is 5.26 Å². The zero-order valence-corrected chi connectivity index (χ0v) is 16.4. The smallest absolute Gasteiger partial charge is 0.268 e. The van der Waals surface area contributed by atoms with Crippen LogP contribution in [0.1, 0.15) is 23.9 Å². The Labute approximate surface area is 167 Å². The number of aromatic nitrogens is 2. The monoisotopic (exact) mass is 446 g/mol. The summed E-state index contributed by atoms with van der Waals surface area (Å²) in [5.74, 6) is -1.62. The van der Waals surface area contributed by atoms with Crippen molar-refractivity contribution in [3.8, 4) is 11.8 Å². The third-order valence-corrected chi connectivity index (χ3v) is 5.21. The van der Waals surface area contributed by atoms with Gasteiger partial charge in [-0.25, -0.2) is 13.8 Å². The van der Waals surface area contributed by atoms with E-state index in [-0.39, 0.29) is 33.9 Å². The molecule has 0 spiro atoms. The number of carbonyl (C=O) groups excluding carboxylic acids is 1. The summed E-state index contributed by atoms with van der Waals surface area (Å²) in [6, 6.07) is 5.64. The van der Waals surface area contributed by atoms with E-state index < -0.39 is 17.7 Å². The molecule has 1 amide bonds. The van der Waals surface area contributed by atoms with Gasteiger partial charge in [0.25, 0.3) is 5.91 Å². The van der Waals surface area contributed by atoms with E-state index in [9.17, 15) is 13.6 Å². The summed E-state index contributed by atoms with van der Waals surface area (Å²) < 4.78 is 35.6. The van der Waals surface area contributed by atoms with E-state index in [2.05, 4.69) is 20.9 Å². The van der Waals surface area contributed by atoms with Crippen LogP contribution in [0, 0.1) is 29.9 Å². The number of nitriles is 1. The summed E-state index contributed by atoms with van der Waals surface area (Å²) in [4.78, 5) is 18.5. The van der Waals surface area contributed by atoms with Crippen LogP contribution in [0.5, 0.6) is 5.75 Å². The van der Waals surface area contributed by atoms with Crippen molar-refractivity contribution in [2.45, 2.75) is 26.5 Å². The molecule has 3 heterocycles. The van der Waals surface area contributed by atoms with Crippen molar-refractivity contribution >= 4 is 33.2 Å². The van der Waals surface area contributed by atoms with Gasteiger partial charge in [-0.05, 0) is 41.9 Å². The Kier molecular flexibility index (Phi) is 4.31. The fourth-order valence-corrected chi connectivity index (χ4v) is 3.55. The van der Waals surface area contributed by atoms with E-state index in [1.165, 1.54) is 30.2 Å². The maximum absolute atomic E-state index is 14.4. The van der Waals surface area contributed by atoms with Crippen molar-refractivity contribution in [1.82, 2.24) is 9.38 Å². The van der Waals surface area contributed by atoms with Crippen LogP contribution in [0.15, 0.2) is 28.9 Å². The van der Waals surface area contributed by atoms with E-state index in [0.717, 1.165) is 6.07 Å². The third-order valence-electron chi connectivity index (χ3n) is 4.62. The number of hydrogen-bond acceptors (Lipinski definition) is 4. The maximum Gasteiger partial charge on any atom is 0.268 e. The molecule has 0 saturated carbocycles. The fraction of sp³-hybridized carbons (Fsp3) is 0.211. The first-order valence-corrected chi connectivity index (χ1v) is 9.13. The lowest BCUT2D eigenvalue weighted by molar-refractivity contribution is -0.125. The van der Waals surface area contributed by atoms with Gasteiger partial charge in [0.05, 0.1) is 39.7 Å². The predicted molar refractivity (Wildman–Crippen MR) is 100.0 cm³/mol. The van der Waals surface area contributed by atoms with E-state index >= 15 is 0 Å². The molecule has 6 nitrogen and oxygen atoms in total. The number of halogens is 3. The van der Waals surface area contributed by atoms with E-state index in [0.29, 0.717) is 17.0 Å². The molecule has 28 heavy (non-hydrogen) atoms. The number of pyridine rings is 1. The predicted octanol–water partition coefficient (Wildman–Crippen LogP) is 3.87. The highest BCUT2D eigenvalue weighted by atomic mass is 79.9. The second-order valence-corrected chi connectivity index (χ2v) is 7.30. The summed E-state index contributed by atoms with van der Waals surface area (Å²) in [6.07, 6.45) is 0.639. The molecule has 0 bridgehead atoms. The molecule has 0 unspecified atom stereocenters. The van der Waals surface area contributed by atoms with Crippen LogP contribution >= 0.6 is 15.9 Å². The number of rotatable bonds is 2. The molecule has 142 valence electrons. The van der Waals surface area contributed by atoms with Crippen molar-refractivity contribution in [2.24, 2.45) is 0 Å². The van der Waals surface area contributed by atoms with Gasteiger partial charge in [0.2, 0.25) is 0 Å². The van der Waals surface area contributed by atoms with Crippen LogP contribution in [-0.2, 0) is 11.3 Å². The van der Waals surface area contributed by atoms with E-state index in [4.69, 9.17) is 10.00 Å². The molecule has 2 aromatic heterocycles. The first kappa shape index (κ1) is 18.4. The first-order chi connectivity index (χ1) is 13.3. The first-order valence-electron chi connectivity index (χ1n) is 8.34. The normalized spacial score (nSPS) is 16.1. The van der Waals surface area contributed by atoms with Crippen LogP contribution in [0.4, 0.5) is 14.5 Å². The lowest BCUT2D eigenvalue weighted by Crippen LogP contribution is -2.44. The molecule has 0 radical (unpaired) electrons. The van der Waals surface area contributed by atoms with Gasteiger partial charge in [0.15, 0.2) is 17.7 Å². The van der Waals surface area contributed by atoms with Crippen molar-refractivity contribution in [3.63, 3.8) is 0 Å². The van der Waals surface area contributed by atoms with Crippen LogP contribution in [-0.4, -0.2) is 21.4 Å². The summed E-state index contributed by atoms with van der Waals surface area (Å²) >= 11 is 3.15. The Morgan fingerprint density at radius 2 is 2.07 bits per heavy atom. The van der Waals surface area contributed by atoms with Crippen molar-refractivity contribution in [2.75, 3.05) is 4.90 Å². The molecule has 0 saturated heterocycles. The number of ether oxygens (including phenoxy) is 1. The largest absolute Gasteiger partial charge is 0.476 e. The van der Waals surface area contributed by atoms with Gasteiger partial charge in [-0.1, -0.05) is 0 Å². The van der Waals surface area contributed by atoms with Gasteiger partial charge < -0.3 is 9.14 Å². The molecule has 0 aliphatic carbocycles. The molecular weight excluding hydrogens is 434 g/mol. The molecule has 3 aromatic rings. The van der Waals surface area contributed by atoms with Gasteiger partial charge in [-0.3, -0.25) is 9.69 Å². The second-order valence-electron chi connectivity index (χ2n) is 6.44. The average molecular weight is 447 g/mol. The molecule has 0 N–H and O–H groups in total. The summed E-state index contributed by atoms with van der Waals surface area (Å²) in [5.41, 5.74) is 1.87. The van der Waals surface area contributed by atoms with Crippen LogP contribution < -0.4 is 9.64 Å². The summed E-state index contributed by atoms with van der Waals surface area (Å²) in [6.45, 7) is 3.33. The Bertz CT molecular complexity index is 1190. The highest BCUT2D eigenvalue weighted by Gasteiger charge is 2.35. The topological polar surface area (TPSA) is 70.6 Å². The zero-order chi connectivity index (χ0) is 20.2. The standard InChI is InChI=1S/C19H13BrF2N4O2/c1-9-16(25-7-12(20)13(21)5-17(25)24-9)8-26-15-4-11(6-23)3-14(22)18(15)28-10(2)19(26)27/h3-5,7,10H,8H2,1-2H3/t10-/m1/s1. The third kappa shape index (κ3) is 2.81. The lowest BCUT2D eigenvalue weighted by Gasteiger charge is -2.33. The molecular formula is C19H13BrF2N4O2. The van der Waals surface area contributed by atoms with Gasteiger partial charge in [-0.15, -0.1) is 0 Å². The summed E-state index contributed by atoms with van der Waals surface area (Å²) in [5, 5.41) is 9.15. The Balaban J connectivity index is 1.87. The molecule has 1 aromatic carbocycles. The van der Waals surface area contributed by atoms with Crippen LogP contribution in [0.25, 0.3) is 5.65 Å². The SMILES string of the molecule is Cc1nc2cc(F)c(Br)cn2c1CN1C(=O)[C@@H](C)Oc2c(F)cc(C#N)cc21. The number of carbonyl (C=O) groups is 1. The minimum Gasteiger partial charge on any atom is -0.476 e. The van der Waals surface area contributed by atoms with E-state index in [1.807, 2.05) is 6.07 Å². The quantitative estimate of drug-likeness (QED) is 0.598. The molecule has 1 aliphatic heterocycles. The Morgan fingerprint density at radius 3 is 2.79 bits per heavy atom. The number of fused-ring (bicyclic) bond motifs is 2. The highest BCUT2D eigenvalue weighted by molar-refractivity contribution is 9.10. The minimum atomic E-state index is -0.890. The molecule has 0 fully saturated rings. The summed E-state index contributed by atoms with van der Waals surface area (Å²) in [7, 11) is 0. The number of hydrogen-bond donors (Lipinski definition) is 0. The van der Waals surface area contributed by atoms with Crippen LogP contribution in [0.2, 0.25) is 0 Å². The van der Waals surface area contributed by atoms with Gasteiger partial charge in [-0.2, -0.15) is 5.26 Å². The van der Waals surface area contributed by atoms with Crippen LogP contribution in [0.3, 0.4) is 0 Å². The van der Waals surface area contributed by atoms with E-state index in [1.54, 1.807) is 11.3 Å². The van der Waals surface area contributed by atoms with Crippen molar-refractivity contribution < 1.29 is 18.3 Å². The highest BCUT2D eigenvalue weighted by Crippen LogP contribution is 2.38.